The van der Waals surface area contributed by atoms with Gasteiger partial charge in [-0.3, -0.25) is 5.32 Å². The van der Waals surface area contributed by atoms with Crippen LogP contribution in [-0.4, -0.2) is 29.0 Å². The molecule has 0 unspecified atom stereocenters. The second kappa shape index (κ2) is 5.91. The van der Waals surface area contributed by atoms with E-state index < -0.39 is 5.82 Å². The zero-order valence-corrected chi connectivity index (χ0v) is 11.6. The van der Waals surface area contributed by atoms with Crippen LogP contribution in [0.1, 0.15) is 11.1 Å². The Kier molecular flexibility index (Phi) is 3.81. The summed E-state index contributed by atoms with van der Waals surface area (Å²) in [6.45, 7) is 1.34. The number of nitrogens with one attached hydrogen (secondary N) is 1. The highest BCUT2D eigenvalue weighted by molar-refractivity contribution is 5.88. The van der Waals surface area contributed by atoms with Gasteiger partial charge in [-0.25, -0.2) is 14.2 Å². The number of rotatable bonds is 1. The molecule has 0 spiro atoms. The lowest BCUT2D eigenvalue weighted by atomic mass is 10.0. The zero-order valence-electron chi connectivity index (χ0n) is 11.6. The number of pyridine rings is 1. The number of urea groups is 1. The van der Waals surface area contributed by atoms with Gasteiger partial charge in [0.15, 0.2) is 0 Å². The minimum atomic E-state index is -0.418. The Morgan fingerprint density at radius 2 is 1.76 bits per heavy atom. The minimum absolute atomic E-state index is 0.193. The van der Waals surface area contributed by atoms with E-state index in [2.05, 4.69) is 22.4 Å². The van der Waals surface area contributed by atoms with E-state index in [9.17, 15) is 9.18 Å². The summed E-state index contributed by atoms with van der Waals surface area (Å²) in [7, 11) is 0. The standard InChI is InChI=1S/C16H16FN3O/c17-14-5-6-15(18-11-14)19-16(21)20-9-7-12-3-1-2-4-13(12)8-10-20/h1-6,11H,7-10H2,(H,18,19,21). The van der Waals surface area contributed by atoms with Gasteiger partial charge in [0.1, 0.15) is 11.6 Å². The van der Waals surface area contributed by atoms with Crippen LogP contribution in [0.15, 0.2) is 42.6 Å². The van der Waals surface area contributed by atoms with Crippen molar-refractivity contribution in [3.63, 3.8) is 0 Å². The maximum Gasteiger partial charge on any atom is 0.323 e. The highest BCUT2D eigenvalue weighted by Gasteiger charge is 2.18. The van der Waals surface area contributed by atoms with E-state index >= 15 is 0 Å². The molecule has 3 rings (SSSR count). The van der Waals surface area contributed by atoms with E-state index in [0.29, 0.717) is 18.9 Å². The number of halogens is 1. The van der Waals surface area contributed by atoms with E-state index in [1.54, 1.807) is 4.90 Å². The quantitative estimate of drug-likeness (QED) is 0.875. The molecule has 1 N–H and O–H groups in total. The molecule has 0 bridgehead atoms. The fraction of sp³-hybridized carbons (Fsp3) is 0.250. The third kappa shape index (κ3) is 3.18. The molecular formula is C16H16FN3O. The summed E-state index contributed by atoms with van der Waals surface area (Å²) in [4.78, 5) is 17.8. The van der Waals surface area contributed by atoms with Gasteiger partial charge in [0.25, 0.3) is 0 Å². The van der Waals surface area contributed by atoms with Crippen molar-refractivity contribution >= 4 is 11.8 Å². The van der Waals surface area contributed by atoms with Gasteiger partial charge in [-0.2, -0.15) is 0 Å². The summed E-state index contributed by atoms with van der Waals surface area (Å²) in [5, 5.41) is 2.70. The fourth-order valence-electron chi connectivity index (χ4n) is 2.51. The lowest BCUT2D eigenvalue weighted by molar-refractivity contribution is 0.214. The van der Waals surface area contributed by atoms with Crippen molar-refractivity contribution < 1.29 is 9.18 Å². The highest BCUT2D eigenvalue weighted by Crippen LogP contribution is 2.16. The van der Waals surface area contributed by atoms with Crippen LogP contribution in [0.25, 0.3) is 0 Å². The molecule has 0 radical (unpaired) electrons. The molecule has 0 fully saturated rings. The third-order valence-corrected chi connectivity index (χ3v) is 3.67. The van der Waals surface area contributed by atoms with E-state index in [-0.39, 0.29) is 6.03 Å². The normalized spacial score (nSPS) is 14.2. The van der Waals surface area contributed by atoms with Gasteiger partial charge in [-0.15, -0.1) is 0 Å². The Labute approximate surface area is 122 Å². The number of aromatic nitrogens is 1. The van der Waals surface area contributed by atoms with Gasteiger partial charge in [0.2, 0.25) is 0 Å². The summed E-state index contributed by atoms with van der Waals surface area (Å²) in [6, 6.07) is 10.8. The van der Waals surface area contributed by atoms with Crippen LogP contribution in [0.5, 0.6) is 0 Å². The number of fused-ring (bicyclic) bond motifs is 1. The Bertz CT molecular complexity index is 615. The molecule has 0 atom stereocenters. The lowest BCUT2D eigenvalue weighted by Gasteiger charge is -2.20. The first kappa shape index (κ1) is 13.5. The predicted octanol–water partition coefficient (Wildman–Crippen LogP) is 2.85. The Morgan fingerprint density at radius 1 is 1.10 bits per heavy atom. The Morgan fingerprint density at radius 3 is 2.33 bits per heavy atom. The molecule has 0 saturated heterocycles. The van der Waals surface area contributed by atoms with Crippen LogP contribution in [-0.2, 0) is 12.8 Å². The van der Waals surface area contributed by atoms with Crippen molar-refractivity contribution in [1.29, 1.82) is 0 Å². The zero-order chi connectivity index (χ0) is 14.7. The topological polar surface area (TPSA) is 45.2 Å². The van der Waals surface area contributed by atoms with Gasteiger partial charge in [-0.05, 0) is 36.1 Å². The molecule has 2 heterocycles. The molecule has 2 amide bonds. The second-order valence-electron chi connectivity index (χ2n) is 5.05. The predicted molar refractivity (Wildman–Crippen MR) is 78.6 cm³/mol. The SMILES string of the molecule is O=C(Nc1ccc(F)cn1)N1CCc2ccccc2CC1. The van der Waals surface area contributed by atoms with Gasteiger partial charge < -0.3 is 4.90 Å². The van der Waals surface area contributed by atoms with Gasteiger partial charge >= 0.3 is 6.03 Å². The van der Waals surface area contributed by atoms with Crippen LogP contribution >= 0.6 is 0 Å². The van der Waals surface area contributed by atoms with Crippen molar-refractivity contribution in [2.75, 3.05) is 18.4 Å². The Balaban J connectivity index is 1.65. The molecule has 0 aliphatic carbocycles. The number of anilines is 1. The number of hydrogen-bond donors (Lipinski definition) is 1. The van der Waals surface area contributed by atoms with E-state index in [4.69, 9.17) is 0 Å². The number of amides is 2. The van der Waals surface area contributed by atoms with Crippen LogP contribution < -0.4 is 5.32 Å². The maximum atomic E-state index is 12.8. The number of carbonyl (C=O) groups is 1. The Hall–Kier alpha value is -2.43. The van der Waals surface area contributed by atoms with E-state index in [1.165, 1.54) is 23.3 Å². The van der Waals surface area contributed by atoms with E-state index in [0.717, 1.165) is 19.0 Å². The lowest BCUT2D eigenvalue weighted by Crippen LogP contribution is -2.37. The van der Waals surface area contributed by atoms with Crippen LogP contribution in [0.2, 0.25) is 0 Å². The summed E-state index contributed by atoms with van der Waals surface area (Å²) >= 11 is 0. The second-order valence-corrected chi connectivity index (χ2v) is 5.05. The molecule has 1 aliphatic heterocycles. The molecule has 1 aromatic carbocycles. The van der Waals surface area contributed by atoms with Crippen molar-refractivity contribution in [3.8, 4) is 0 Å². The number of nitrogens with zero attached hydrogens (tertiary/aromatic N) is 2. The van der Waals surface area contributed by atoms with Crippen molar-refractivity contribution in [1.82, 2.24) is 9.88 Å². The molecule has 0 saturated carbocycles. The van der Waals surface area contributed by atoms with Crippen LogP contribution in [0.3, 0.4) is 0 Å². The summed E-state index contributed by atoms with van der Waals surface area (Å²) < 4.78 is 12.8. The first-order valence-corrected chi connectivity index (χ1v) is 6.96. The smallest absolute Gasteiger partial charge is 0.323 e. The van der Waals surface area contributed by atoms with Crippen LogP contribution in [0, 0.1) is 5.82 Å². The number of carbonyl (C=O) groups excluding carboxylic acids is 1. The van der Waals surface area contributed by atoms with Crippen molar-refractivity contribution in [3.05, 3.63) is 59.5 Å². The summed E-state index contributed by atoms with van der Waals surface area (Å²) in [6.07, 6.45) is 2.79. The molecular weight excluding hydrogens is 269 g/mol. The first-order chi connectivity index (χ1) is 10.2. The van der Waals surface area contributed by atoms with Crippen LogP contribution in [0.4, 0.5) is 15.0 Å². The highest BCUT2D eigenvalue weighted by atomic mass is 19.1. The van der Waals surface area contributed by atoms with Crippen molar-refractivity contribution in [2.24, 2.45) is 0 Å². The number of benzene rings is 1. The minimum Gasteiger partial charge on any atom is -0.324 e. The third-order valence-electron chi connectivity index (χ3n) is 3.67. The summed E-state index contributed by atoms with van der Waals surface area (Å²) in [5.74, 6) is -0.0543. The largest absolute Gasteiger partial charge is 0.324 e. The fourth-order valence-corrected chi connectivity index (χ4v) is 2.51. The van der Waals surface area contributed by atoms with Crippen molar-refractivity contribution in [2.45, 2.75) is 12.8 Å². The molecule has 4 nitrogen and oxygen atoms in total. The number of hydrogen-bond acceptors (Lipinski definition) is 2. The molecule has 5 heteroatoms. The van der Waals surface area contributed by atoms with E-state index in [1.807, 2.05) is 12.1 Å². The first-order valence-electron chi connectivity index (χ1n) is 6.96. The molecule has 1 aliphatic rings. The van der Waals surface area contributed by atoms with Gasteiger partial charge in [-0.1, -0.05) is 24.3 Å². The molecule has 1 aromatic heterocycles. The average molecular weight is 285 g/mol. The van der Waals surface area contributed by atoms with Gasteiger partial charge in [0, 0.05) is 13.1 Å². The van der Waals surface area contributed by atoms with Gasteiger partial charge in [0.05, 0.1) is 6.20 Å². The molecule has 108 valence electrons. The molecule has 21 heavy (non-hydrogen) atoms. The average Bonchev–Trinajstić information content (AvgIpc) is 2.72. The molecule has 2 aromatic rings. The maximum absolute atomic E-state index is 12.8. The summed E-state index contributed by atoms with van der Waals surface area (Å²) in [5.41, 5.74) is 2.60. The monoisotopic (exact) mass is 285 g/mol.